The molecule has 0 aliphatic carbocycles. The summed E-state index contributed by atoms with van der Waals surface area (Å²) in [5.74, 6) is 0.990. The van der Waals surface area contributed by atoms with Gasteiger partial charge in [0.05, 0.1) is 12.8 Å². The van der Waals surface area contributed by atoms with Crippen LogP contribution < -0.4 is 10.1 Å². The van der Waals surface area contributed by atoms with E-state index in [-0.39, 0.29) is 5.91 Å². The van der Waals surface area contributed by atoms with E-state index in [2.05, 4.69) is 20.4 Å². The van der Waals surface area contributed by atoms with Crippen LogP contribution in [0.5, 0.6) is 5.75 Å². The molecule has 3 rings (SSSR count). The van der Waals surface area contributed by atoms with E-state index in [9.17, 15) is 4.79 Å². The maximum absolute atomic E-state index is 12.4. The zero-order valence-corrected chi connectivity index (χ0v) is 15.9. The number of carbonyl (C=O) groups is 1. The number of nitrogens with one attached hydrogen (secondary N) is 1. The molecule has 0 bridgehead atoms. The van der Waals surface area contributed by atoms with Crippen LogP contribution in [0.25, 0.3) is 5.78 Å². The molecule has 7 nitrogen and oxygen atoms in total. The predicted octanol–water partition coefficient (Wildman–Crippen LogP) is 3.28. The number of ether oxygens (including phenoxy) is 1. The first-order chi connectivity index (χ1) is 12.4. The van der Waals surface area contributed by atoms with E-state index in [1.807, 2.05) is 20.8 Å². The molecular formula is C18H20ClN5O2. The van der Waals surface area contributed by atoms with Crippen molar-refractivity contribution in [2.45, 2.75) is 33.6 Å². The number of halogens is 1. The van der Waals surface area contributed by atoms with E-state index in [1.165, 1.54) is 6.33 Å². The van der Waals surface area contributed by atoms with Gasteiger partial charge >= 0.3 is 0 Å². The molecule has 0 fully saturated rings. The monoisotopic (exact) mass is 373 g/mol. The lowest BCUT2D eigenvalue weighted by molar-refractivity contribution is -0.116. The third-order valence-electron chi connectivity index (χ3n) is 4.35. The highest BCUT2D eigenvalue weighted by Crippen LogP contribution is 2.31. The number of nitrogens with zero attached hydrogens (tertiary/aromatic N) is 4. The van der Waals surface area contributed by atoms with Gasteiger partial charge in [-0.15, -0.1) is 0 Å². The van der Waals surface area contributed by atoms with Crippen molar-refractivity contribution >= 4 is 29.0 Å². The van der Waals surface area contributed by atoms with Crippen molar-refractivity contribution < 1.29 is 9.53 Å². The minimum Gasteiger partial charge on any atom is -0.495 e. The predicted molar refractivity (Wildman–Crippen MR) is 99.9 cm³/mol. The Morgan fingerprint density at radius 1 is 1.31 bits per heavy atom. The molecule has 1 N–H and O–H groups in total. The summed E-state index contributed by atoms with van der Waals surface area (Å²) in [7, 11) is 1.54. The van der Waals surface area contributed by atoms with E-state index in [1.54, 1.807) is 23.8 Å². The Morgan fingerprint density at radius 2 is 2.08 bits per heavy atom. The minimum atomic E-state index is -0.109. The van der Waals surface area contributed by atoms with Crippen molar-refractivity contribution in [3.8, 4) is 5.75 Å². The third-order valence-corrected chi connectivity index (χ3v) is 4.75. The maximum Gasteiger partial charge on any atom is 0.252 e. The third kappa shape index (κ3) is 3.48. The van der Waals surface area contributed by atoms with Crippen LogP contribution >= 0.6 is 11.6 Å². The number of rotatable bonds is 5. The molecule has 0 aliphatic heterocycles. The molecule has 2 aromatic heterocycles. The average molecular weight is 374 g/mol. The van der Waals surface area contributed by atoms with Crippen LogP contribution in [0.3, 0.4) is 0 Å². The van der Waals surface area contributed by atoms with Gasteiger partial charge in [-0.05, 0) is 44.4 Å². The van der Waals surface area contributed by atoms with E-state index >= 15 is 0 Å². The van der Waals surface area contributed by atoms with Crippen molar-refractivity contribution in [2.24, 2.45) is 0 Å². The first-order valence-corrected chi connectivity index (χ1v) is 8.58. The average Bonchev–Trinajstić information content (AvgIpc) is 3.06. The van der Waals surface area contributed by atoms with Gasteiger partial charge in [0.25, 0.3) is 5.78 Å². The van der Waals surface area contributed by atoms with Crippen molar-refractivity contribution in [2.75, 3.05) is 12.4 Å². The Balaban J connectivity index is 1.75. The van der Waals surface area contributed by atoms with Gasteiger partial charge in [0.1, 0.15) is 12.1 Å². The number of benzene rings is 1. The summed E-state index contributed by atoms with van der Waals surface area (Å²) in [6, 6.07) is 3.50. The summed E-state index contributed by atoms with van der Waals surface area (Å²) in [6.07, 6.45) is 2.34. The largest absolute Gasteiger partial charge is 0.495 e. The van der Waals surface area contributed by atoms with E-state index in [0.717, 1.165) is 22.5 Å². The van der Waals surface area contributed by atoms with Crippen LogP contribution in [0.1, 0.15) is 28.9 Å². The van der Waals surface area contributed by atoms with Crippen LogP contribution in [0.2, 0.25) is 5.02 Å². The van der Waals surface area contributed by atoms with E-state index in [0.29, 0.717) is 35.1 Å². The summed E-state index contributed by atoms with van der Waals surface area (Å²) in [4.78, 5) is 21.0. The molecule has 26 heavy (non-hydrogen) atoms. The molecule has 136 valence electrons. The molecule has 0 saturated carbocycles. The number of hydrogen-bond acceptors (Lipinski definition) is 5. The smallest absolute Gasteiger partial charge is 0.252 e. The minimum absolute atomic E-state index is 0.109. The summed E-state index contributed by atoms with van der Waals surface area (Å²) < 4.78 is 6.98. The molecule has 0 radical (unpaired) electrons. The first-order valence-electron chi connectivity index (χ1n) is 8.20. The van der Waals surface area contributed by atoms with Crippen molar-refractivity contribution in [3.63, 3.8) is 0 Å². The fraction of sp³-hybridized carbons (Fsp3) is 0.333. The Hall–Kier alpha value is -2.67. The van der Waals surface area contributed by atoms with Gasteiger partial charge in [-0.25, -0.2) is 9.50 Å². The SMILES string of the molecule is COc1cc(Cl)c(C)cc1NC(=O)CCc1c(C)nc2ncnn2c1C. The molecule has 0 saturated heterocycles. The van der Waals surface area contributed by atoms with Crippen LogP contribution in [0, 0.1) is 20.8 Å². The Kier molecular flexibility index (Phi) is 5.08. The van der Waals surface area contributed by atoms with Gasteiger partial charge in [-0.3, -0.25) is 4.79 Å². The van der Waals surface area contributed by atoms with Gasteiger partial charge in [0.2, 0.25) is 5.91 Å². The topological polar surface area (TPSA) is 81.4 Å². The second-order valence-electron chi connectivity index (χ2n) is 6.08. The lowest BCUT2D eigenvalue weighted by atomic mass is 10.1. The highest BCUT2D eigenvalue weighted by Gasteiger charge is 2.14. The number of aryl methyl sites for hydroxylation is 3. The summed E-state index contributed by atoms with van der Waals surface area (Å²) >= 11 is 6.10. The summed E-state index contributed by atoms with van der Waals surface area (Å²) in [5, 5.41) is 7.66. The molecular weight excluding hydrogens is 354 g/mol. The van der Waals surface area contributed by atoms with E-state index in [4.69, 9.17) is 16.3 Å². The van der Waals surface area contributed by atoms with Crippen LogP contribution in [-0.4, -0.2) is 32.6 Å². The van der Waals surface area contributed by atoms with E-state index < -0.39 is 0 Å². The number of anilines is 1. The zero-order chi connectivity index (χ0) is 18.8. The first kappa shape index (κ1) is 18.1. The van der Waals surface area contributed by atoms with Gasteiger partial charge < -0.3 is 10.1 Å². The highest BCUT2D eigenvalue weighted by atomic mass is 35.5. The van der Waals surface area contributed by atoms with Gasteiger partial charge in [-0.2, -0.15) is 10.1 Å². The van der Waals surface area contributed by atoms with Crippen LogP contribution in [-0.2, 0) is 11.2 Å². The van der Waals surface area contributed by atoms with Gasteiger partial charge in [-0.1, -0.05) is 11.6 Å². The number of carbonyl (C=O) groups excluding carboxylic acids is 1. The maximum atomic E-state index is 12.4. The quantitative estimate of drug-likeness (QED) is 0.742. The molecule has 2 heterocycles. The Bertz CT molecular complexity index is 983. The fourth-order valence-corrected chi connectivity index (χ4v) is 3.05. The number of hydrogen-bond donors (Lipinski definition) is 1. The van der Waals surface area contributed by atoms with Crippen molar-refractivity contribution in [1.82, 2.24) is 19.6 Å². The Labute approximate surface area is 156 Å². The highest BCUT2D eigenvalue weighted by molar-refractivity contribution is 6.31. The lowest BCUT2D eigenvalue weighted by Gasteiger charge is -2.13. The molecule has 3 aromatic rings. The molecule has 0 spiro atoms. The molecule has 0 aliphatic rings. The standard InChI is InChI=1S/C18H20ClN5O2/c1-10-7-15(16(26-4)8-14(10)19)23-17(25)6-5-13-11(2)22-18-20-9-21-24(18)12(13)3/h7-9H,5-6H2,1-4H3,(H,23,25). The second-order valence-corrected chi connectivity index (χ2v) is 6.49. The molecule has 1 aromatic carbocycles. The summed E-state index contributed by atoms with van der Waals surface area (Å²) in [6.45, 7) is 5.75. The lowest BCUT2D eigenvalue weighted by Crippen LogP contribution is -2.15. The van der Waals surface area contributed by atoms with Crippen LogP contribution in [0.15, 0.2) is 18.5 Å². The van der Waals surface area contributed by atoms with Crippen LogP contribution in [0.4, 0.5) is 5.69 Å². The Morgan fingerprint density at radius 3 is 2.81 bits per heavy atom. The summed E-state index contributed by atoms with van der Waals surface area (Å²) in [5.41, 5.74) is 4.28. The normalized spacial score (nSPS) is 11.0. The molecule has 8 heteroatoms. The number of aromatic nitrogens is 4. The van der Waals surface area contributed by atoms with Gasteiger partial charge in [0.15, 0.2) is 0 Å². The van der Waals surface area contributed by atoms with Crippen molar-refractivity contribution in [3.05, 3.63) is 46.0 Å². The fourth-order valence-electron chi connectivity index (χ4n) is 2.90. The number of fused-ring (bicyclic) bond motifs is 1. The van der Waals surface area contributed by atoms with Crippen molar-refractivity contribution in [1.29, 1.82) is 0 Å². The number of amides is 1. The van der Waals surface area contributed by atoms with Gasteiger partial charge in [0, 0.05) is 28.9 Å². The molecule has 0 unspecified atom stereocenters. The molecule has 0 atom stereocenters. The number of methoxy groups -OCH3 is 1. The second kappa shape index (κ2) is 7.29. The zero-order valence-electron chi connectivity index (χ0n) is 15.1. The molecule has 1 amide bonds.